The van der Waals surface area contributed by atoms with E-state index in [1.165, 1.54) is 10.6 Å². The van der Waals surface area contributed by atoms with E-state index in [-0.39, 0.29) is 5.91 Å². The van der Waals surface area contributed by atoms with Crippen LogP contribution in [0.2, 0.25) is 0 Å². The van der Waals surface area contributed by atoms with E-state index in [9.17, 15) is 4.79 Å². The van der Waals surface area contributed by atoms with Gasteiger partial charge in [-0.2, -0.15) is 0 Å². The largest absolute Gasteiger partial charge is 0.492 e. The molecule has 0 radical (unpaired) electrons. The minimum Gasteiger partial charge on any atom is -0.492 e. The Morgan fingerprint density at radius 2 is 1.76 bits per heavy atom. The molecule has 0 aromatic heterocycles. The highest BCUT2D eigenvalue weighted by atomic mass is 32.2. The normalized spacial score (nSPS) is 13.7. The lowest BCUT2D eigenvalue weighted by molar-refractivity contribution is -0.132. The lowest BCUT2D eigenvalue weighted by Gasteiger charge is -2.30. The molecule has 0 aliphatic carbocycles. The van der Waals surface area contributed by atoms with Crippen LogP contribution in [0.15, 0.2) is 83.8 Å². The molecule has 34 heavy (non-hydrogen) atoms. The van der Waals surface area contributed by atoms with E-state index < -0.39 is 6.10 Å². The molecule has 1 N–H and O–H groups in total. The van der Waals surface area contributed by atoms with Gasteiger partial charge in [-0.05, 0) is 42.3 Å². The molecule has 6 heteroatoms. The summed E-state index contributed by atoms with van der Waals surface area (Å²) in [6.07, 6.45) is 0.00859. The number of nitrogens with zero attached hydrogens (tertiary/aromatic N) is 1. The minimum absolute atomic E-state index is 0.0917. The number of nitrogens with one attached hydrogen (secondary N) is 1. The highest BCUT2D eigenvalue weighted by Gasteiger charge is 2.19. The van der Waals surface area contributed by atoms with Gasteiger partial charge in [-0.1, -0.05) is 54.6 Å². The topological polar surface area (TPSA) is 50.8 Å². The molecule has 1 aliphatic rings. The molecule has 1 amide bonds. The third-order valence-corrected chi connectivity index (χ3v) is 6.81. The summed E-state index contributed by atoms with van der Waals surface area (Å²) in [6.45, 7) is 5.41. The molecule has 1 heterocycles. The summed E-state index contributed by atoms with van der Waals surface area (Å²) < 4.78 is 11.7. The fraction of sp³-hybridized carbons (Fsp3) is 0.321. The van der Waals surface area contributed by atoms with Crippen LogP contribution in [-0.4, -0.2) is 44.1 Å². The number of hydrogen-bond acceptors (Lipinski definition) is 5. The number of thioether (sulfide) groups is 1. The van der Waals surface area contributed by atoms with Crippen molar-refractivity contribution in [3.05, 3.63) is 90.0 Å². The number of rotatable bonds is 11. The molecule has 0 saturated carbocycles. The number of carbonyl (C=O) groups excluding carboxylic acids is 1. The maximum Gasteiger partial charge on any atom is 0.249 e. The minimum atomic E-state index is -0.516. The van der Waals surface area contributed by atoms with Crippen molar-refractivity contribution in [1.82, 2.24) is 5.32 Å². The molecule has 0 fully saturated rings. The van der Waals surface area contributed by atoms with Gasteiger partial charge in [0.15, 0.2) is 0 Å². The van der Waals surface area contributed by atoms with Crippen LogP contribution in [0.25, 0.3) is 0 Å². The van der Waals surface area contributed by atoms with Crippen molar-refractivity contribution in [1.29, 1.82) is 0 Å². The summed E-state index contributed by atoms with van der Waals surface area (Å²) >= 11 is 1.91. The molecule has 4 rings (SSSR count). The van der Waals surface area contributed by atoms with Gasteiger partial charge in [-0.15, -0.1) is 11.8 Å². The van der Waals surface area contributed by atoms with Crippen LogP contribution in [-0.2, 0) is 22.5 Å². The Balaban J connectivity index is 1.26. The van der Waals surface area contributed by atoms with E-state index in [1.54, 1.807) is 0 Å². The van der Waals surface area contributed by atoms with Crippen LogP contribution in [0.3, 0.4) is 0 Å². The quantitative estimate of drug-likeness (QED) is 0.425. The zero-order valence-corrected chi connectivity index (χ0v) is 20.4. The number of anilines is 1. The van der Waals surface area contributed by atoms with Crippen LogP contribution >= 0.6 is 11.8 Å². The van der Waals surface area contributed by atoms with Gasteiger partial charge in [0.25, 0.3) is 0 Å². The predicted molar refractivity (Wildman–Crippen MR) is 139 cm³/mol. The van der Waals surface area contributed by atoms with E-state index in [0.717, 1.165) is 35.7 Å². The van der Waals surface area contributed by atoms with Gasteiger partial charge in [-0.3, -0.25) is 4.79 Å². The van der Waals surface area contributed by atoms with Gasteiger partial charge < -0.3 is 19.7 Å². The second kappa shape index (κ2) is 12.5. The third-order valence-electron chi connectivity index (χ3n) is 5.77. The lowest BCUT2D eigenvalue weighted by Crippen LogP contribution is -2.37. The van der Waals surface area contributed by atoms with E-state index in [1.807, 2.05) is 73.3 Å². The monoisotopic (exact) mass is 476 g/mol. The molecule has 1 aliphatic heterocycles. The van der Waals surface area contributed by atoms with E-state index in [0.29, 0.717) is 26.2 Å². The molecule has 0 spiro atoms. The molecule has 1 atom stereocenters. The Morgan fingerprint density at radius 1 is 1.00 bits per heavy atom. The fourth-order valence-corrected chi connectivity index (χ4v) is 5.05. The van der Waals surface area contributed by atoms with Crippen LogP contribution in [0.4, 0.5) is 5.69 Å². The molecular formula is C28H32N2O3S. The number of hydrogen-bond donors (Lipinski definition) is 1. The summed E-state index contributed by atoms with van der Waals surface area (Å²) in [7, 11) is 0. The van der Waals surface area contributed by atoms with Crippen molar-refractivity contribution in [2.75, 3.05) is 37.0 Å². The average molecular weight is 477 g/mol. The number of fused-ring (bicyclic) bond motifs is 1. The molecule has 3 aromatic carbocycles. The first-order valence-electron chi connectivity index (χ1n) is 11.8. The van der Waals surface area contributed by atoms with Crippen molar-refractivity contribution in [2.24, 2.45) is 0 Å². The summed E-state index contributed by atoms with van der Waals surface area (Å²) in [6, 6.07) is 26.4. The Labute approximate surface area is 206 Å². The summed E-state index contributed by atoms with van der Waals surface area (Å²) in [5.74, 6) is 1.85. The second-order valence-corrected chi connectivity index (χ2v) is 9.28. The summed E-state index contributed by atoms with van der Waals surface area (Å²) in [5, 5.41) is 2.99. The molecule has 5 nitrogen and oxygen atoms in total. The molecule has 0 saturated heterocycles. The average Bonchev–Trinajstić information content (AvgIpc) is 2.89. The first kappa shape index (κ1) is 24.2. The number of ether oxygens (including phenoxy) is 2. The standard InChI is InChI=1S/C28H32N2O3S/c1-2-32-26(28(31)29-21-23-8-4-3-5-9-23)20-22-12-14-24(15-13-22)33-18-16-30-17-19-34-27-11-7-6-10-25(27)30/h3-15,26H,2,16-21H2,1H3,(H,29,31). The molecule has 3 aromatic rings. The number of carbonyl (C=O) groups is 1. The zero-order chi connectivity index (χ0) is 23.6. The van der Waals surface area contributed by atoms with Gasteiger partial charge in [0.2, 0.25) is 5.91 Å². The smallest absolute Gasteiger partial charge is 0.249 e. The van der Waals surface area contributed by atoms with Crippen LogP contribution < -0.4 is 15.0 Å². The van der Waals surface area contributed by atoms with Gasteiger partial charge in [0.1, 0.15) is 18.5 Å². The van der Waals surface area contributed by atoms with E-state index in [4.69, 9.17) is 9.47 Å². The number of para-hydroxylation sites is 1. The van der Waals surface area contributed by atoms with Crippen molar-refractivity contribution < 1.29 is 14.3 Å². The first-order chi connectivity index (χ1) is 16.7. The van der Waals surface area contributed by atoms with Gasteiger partial charge in [0, 0.05) is 36.8 Å². The highest BCUT2D eigenvalue weighted by molar-refractivity contribution is 7.99. The maximum atomic E-state index is 12.7. The van der Waals surface area contributed by atoms with Gasteiger partial charge in [-0.25, -0.2) is 0 Å². The number of benzene rings is 3. The zero-order valence-electron chi connectivity index (χ0n) is 19.6. The van der Waals surface area contributed by atoms with Gasteiger partial charge >= 0.3 is 0 Å². The van der Waals surface area contributed by atoms with E-state index >= 15 is 0 Å². The maximum absolute atomic E-state index is 12.7. The Kier molecular flexibility index (Phi) is 8.88. The van der Waals surface area contributed by atoms with Gasteiger partial charge in [0.05, 0.1) is 12.2 Å². The first-order valence-corrected chi connectivity index (χ1v) is 12.8. The third kappa shape index (κ3) is 6.78. The van der Waals surface area contributed by atoms with Crippen LogP contribution in [0.5, 0.6) is 5.75 Å². The predicted octanol–water partition coefficient (Wildman–Crippen LogP) is 4.94. The van der Waals surface area contributed by atoms with Crippen molar-refractivity contribution in [2.45, 2.75) is 30.9 Å². The highest BCUT2D eigenvalue weighted by Crippen LogP contribution is 2.34. The fourth-order valence-electron chi connectivity index (χ4n) is 4.00. The lowest BCUT2D eigenvalue weighted by atomic mass is 10.1. The SMILES string of the molecule is CCOC(Cc1ccc(OCCN2CCSc3ccccc32)cc1)C(=O)NCc1ccccc1. The Hall–Kier alpha value is -2.96. The molecule has 0 bridgehead atoms. The Bertz CT molecular complexity index is 1040. The second-order valence-electron chi connectivity index (χ2n) is 8.15. The van der Waals surface area contributed by atoms with Crippen molar-refractivity contribution >= 4 is 23.4 Å². The Morgan fingerprint density at radius 3 is 2.56 bits per heavy atom. The molecular weight excluding hydrogens is 444 g/mol. The van der Waals surface area contributed by atoms with Crippen LogP contribution in [0.1, 0.15) is 18.1 Å². The molecule has 1 unspecified atom stereocenters. The number of amides is 1. The van der Waals surface area contributed by atoms with Crippen molar-refractivity contribution in [3.8, 4) is 5.75 Å². The summed E-state index contributed by atoms with van der Waals surface area (Å²) in [4.78, 5) is 16.4. The van der Waals surface area contributed by atoms with E-state index in [2.05, 4.69) is 34.5 Å². The molecule has 178 valence electrons. The van der Waals surface area contributed by atoms with Crippen LogP contribution in [0, 0.1) is 0 Å². The summed E-state index contributed by atoms with van der Waals surface area (Å²) in [5.41, 5.74) is 3.41. The van der Waals surface area contributed by atoms with Crippen molar-refractivity contribution in [3.63, 3.8) is 0 Å².